The minimum absolute atomic E-state index is 0.0967. The maximum absolute atomic E-state index is 9.47. The molecule has 0 fully saturated rings. The fraction of sp³-hybridized carbons (Fsp3) is 0.217. The summed E-state index contributed by atoms with van der Waals surface area (Å²) in [5.74, 6) is 1.07. The third-order valence-electron chi connectivity index (χ3n) is 4.90. The first-order chi connectivity index (χ1) is 16.4. The Hall–Kier alpha value is -3.34. The number of aliphatic hydroxyl groups excluding tert-OH is 1. The van der Waals surface area contributed by atoms with Gasteiger partial charge in [0.25, 0.3) is 6.02 Å². The topological polar surface area (TPSA) is 125 Å². The molecule has 34 heavy (non-hydrogen) atoms. The van der Waals surface area contributed by atoms with E-state index < -0.39 is 5.54 Å². The molecule has 1 aromatic heterocycles. The Bertz CT molecular complexity index is 1270. The summed E-state index contributed by atoms with van der Waals surface area (Å²) >= 11 is 7.58. The summed E-state index contributed by atoms with van der Waals surface area (Å²) in [6.45, 7) is 5.73. The van der Waals surface area contributed by atoms with Gasteiger partial charge in [-0.15, -0.1) is 0 Å². The predicted molar refractivity (Wildman–Crippen MR) is 138 cm³/mol. The van der Waals surface area contributed by atoms with E-state index in [0.717, 1.165) is 16.6 Å². The molecule has 1 aliphatic rings. The Balaban J connectivity index is 1.52. The minimum atomic E-state index is -0.644. The van der Waals surface area contributed by atoms with Gasteiger partial charge in [0, 0.05) is 16.8 Å². The van der Waals surface area contributed by atoms with Crippen molar-refractivity contribution in [1.82, 2.24) is 9.97 Å². The Morgan fingerprint density at radius 3 is 2.82 bits per heavy atom. The van der Waals surface area contributed by atoms with Crippen molar-refractivity contribution < 1.29 is 14.6 Å². The minimum Gasteiger partial charge on any atom is -0.485 e. The normalized spacial score (nSPS) is 17.1. The number of ether oxygens (including phenoxy) is 2. The molecule has 2 aromatic carbocycles. The second-order valence-electron chi connectivity index (χ2n) is 7.71. The van der Waals surface area contributed by atoms with Gasteiger partial charge in [0.1, 0.15) is 41.7 Å². The van der Waals surface area contributed by atoms with Crippen LogP contribution in [0.25, 0.3) is 10.9 Å². The lowest BCUT2D eigenvalue weighted by atomic mass is 10.1. The van der Waals surface area contributed by atoms with Crippen molar-refractivity contribution in [2.24, 2.45) is 4.99 Å². The number of fused-ring (bicyclic) bond motifs is 1. The highest BCUT2D eigenvalue weighted by molar-refractivity contribution is 8.16. The number of aromatic nitrogens is 2. The van der Waals surface area contributed by atoms with Crippen molar-refractivity contribution in [2.75, 3.05) is 30.5 Å². The molecule has 0 saturated heterocycles. The van der Waals surface area contributed by atoms with Crippen LogP contribution in [0.4, 0.5) is 17.2 Å². The molecule has 176 valence electrons. The van der Waals surface area contributed by atoms with Gasteiger partial charge in [0.15, 0.2) is 0 Å². The predicted octanol–water partition coefficient (Wildman–Crippen LogP) is 4.81. The standard InChI is InChI=1S/C23H23ClN6O3S/c1-3-34-20(25)10-32-19-7-5-15(9-17(19)24)28-21-16-8-14(4-6-18(16)26-13-27-21)29-22-30-23(2,11-31)12-33-22/h3-9,13,25,31H,1,10-12H2,2H3,(H,29,30)(H,26,27,28). The van der Waals surface area contributed by atoms with Gasteiger partial charge in [0.2, 0.25) is 0 Å². The number of rotatable bonds is 8. The van der Waals surface area contributed by atoms with Gasteiger partial charge in [-0.3, -0.25) is 5.41 Å². The summed E-state index contributed by atoms with van der Waals surface area (Å²) < 4.78 is 11.2. The Kier molecular flexibility index (Phi) is 7.20. The highest BCUT2D eigenvalue weighted by Gasteiger charge is 2.31. The summed E-state index contributed by atoms with van der Waals surface area (Å²) in [4.78, 5) is 13.1. The van der Waals surface area contributed by atoms with Crippen LogP contribution in [-0.2, 0) is 4.74 Å². The number of anilines is 3. The molecule has 0 saturated carbocycles. The number of hydrogen-bond donors (Lipinski definition) is 4. The third-order valence-corrected chi connectivity index (χ3v) is 5.76. The summed E-state index contributed by atoms with van der Waals surface area (Å²) in [6.07, 6.45) is 1.48. The molecule has 1 unspecified atom stereocenters. The number of nitrogens with zero attached hydrogens (tertiary/aromatic N) is 3. The fourth-order valence-corrected chi connectivity index (χ4v) is 3.71. The van der Waals surface area contributed by atoms with Crippen molar-refractivity contribution >= 4 is 62.5 Å². The smallest absolute Gasteiger partial charge is 0.290 e. The number of amidine groups is 1. The van der Waals surface area contributed by atoms with Crippen molar-refractivity contribution in [3.05, 3.63) is 59.7 Å². The van der Waals surface area contributed by atoms with E-state index in [2.05, 4.69) is 32.2 Å². The largest absolute Gasteiger partial charge is 0.485 e. The van der Waals surface area contributed by atoms with E-state index in [1.54, 1.807) is 17.5 Å². The molecule has 4 N–H and O–H groups in total. The molecule has 11 heteroatoms. The van der Waals surface area contributed by atoms with Crippen LogP contribution in [0.15, 0.2) is 59.7 Å². The van der Waals surface area contributed by atoms with E-state index in [1.165, 1.54) is 18.1 Å². The van der Waals surface area contributed by atoms with E-state index in [9.17, 15) is 5.11 Å². The van der Waals surface area contributed by atoms with Crippen molar-refractivity contribution in [3.8, 4) is 5.75 Å². The molecule has 1 atom stereocenters. The zero-order valence-corrected chi connectivity index (χ0v) is 19.9. The first-order valence-electron chi connectivity index (χ1n) is 10.3. The first-order valence-corrected chi connectivity index (χ1v) is 11.5. The lowest BCUT2D eigenvalue weighted by molar-refractivity contribution is 0.170. The molecule has 1 aliphatic heterocycles. The highest BCUT2D eigenvalue weighted by atomic mass is 35.5. The maximum Gasteiger partial charge on any atom is 0.290 e. The van der Waals surface area contributed by atoms with Gasteiger partial charge in [-0.25, -0.2) is 15.0 Å². The van der Waals surface area contributed by atoms with Gasteiger partial charge in [-0.05, 0) is 48.7 Å². The van der Waals surface area contributed by atoms with E-state index in [0.29, 0.717) is 39.9 Å². The Labute approximate surface area is 205 Å². The van der Waals surface area contributed by atoms with Crippen LogP contribution in [0.2, 0.25) is 5.02 Å². The number of nitrogens with one attached hydrogen (secondary N) is 3. The average molecular weight is 499 g/mol. The molecule has 3 aromatic rings. The highest BCUT2D eigenvalue weighted by Crippen LogP contribution is 2.31. The molecule has 0 aliphatic carbocycles. The van der Waals surface area contributed by atoms with Gasteiger partial charge in [-0.1, -0.05) is 29.9 Å². The van der Waals surface area contributed by atoms with Crippen LogP contribution >= 0.6 is 23.4 Å². The Morgan fingerprint density at radius 1 is 1.29 bits per heavy atom. The maximum atomic E-state index is 9.47. The van der Waals surface area contributed by atoms with Crippen LogP contribution in [0.3, 0.4) is 0 Å². The van der Waals surface area contributed by atoms with Crippen molar-refractivity contribution in [2.45, 2.75) is 12.5 Å². The molecular formula is C23H23ClN6O3S. The number of halogens is 1. The number of benzene rings is 2. The van der Waals surface area contributed by atoms with E-state index >= 15 is 0 Å². The second kappa shape index (κ2) is 10.3. The van der Waals surface area contributed by atoms with Crippen LogP contribution < -0.4 is 15.4 Å². The van der Waals surface area contributed by atoms with E-state index in [-0.39, 0.29) is 13.2 Å². The average Bonchev–Trinajstić information content (AvgIpc) is 3.20. The van der Waals surface area contributed by atoms with Crippen LogP contribution in [-0.4, -0.2) is 51.5 Å². The number of hydrogen-bond acceptors (Lipinski definition) is 10. The fourth-order valence-electron chi connectivity index (χ4n) is 3.15. The molecule has 9 nitrogen and oxygen atoms in total. The number of aliphatic imine (C=N–C) groups is 1. The van der Waals surface area contributed by atoms with Gasteiger partial charge < -0.3 is 25.2 Å². The first kappa shape index (κ1) is 23.8. The summed E-state index contributed by atoms with van der Waals surface area (Å²) in [6, 6.07) is 11.3. The van der Waals surface area contributed by atoms with Crippen molar-refractivity contribution in [1.29, 1.82) is 5.41 Å². The summed E-state index contributed by atoms with van der Waals surface area (Å²) in [5, 5.41) is 26.7. The van der Waals surface area contributed by atoms with Crippen LogP contribution in [0, 0.1) is 5.41 Å². The molecule has 0 radical (unpaired) electrons. The van der Waals surface area contributed by atoms with E-state index in [4.69, 9.17) is 26.5 Å². The van der Waals surface area contributed by atoms with Crippen LogP contribution in [0.5, 0.6) is 5.75 Å². The molecule has 2 heterocycles. The Morgan fingerprint density at radius 2 is 2.09 bits per heavy atom. The molecule has 0 amide bonds. The van der Waals surface area contributed by atoms with Crippen LogP contribution in [0.1, 0.15) is 6.92 Å². The van der Waals surface area contributed by atoms with Gasteiger partial charge >= 0.3 is 0 Å². The zero-order chi connectivity index (χ0) is 24.1. The molecule has 0 bridgehead atoms. The quantitative estimate of drug-likeness (QED) is 0.257. The molecule has 0 spiro atoms. The van der Waals surface area contributed by atoms with E-state index in [1.807, 2.05) is 31.2 Å². The van der Waals surface area contributed by atoms with Gasteiger partial charge in [-0.2, -0.15) is 0 Å². The summed E-state index contributed by atoms with van der Waals surface area (Å²) in [7, 11) is 0. The number of aliphatic hydroxyl groups is 1. The second-order valence-corrected chi connectivity index (χ2v) is 9.18. The SMILES string of the molecule is C=CSC(=N)COc1ccc(Nc2ncnc3ccc(NC4=NC(C)(CO)CO4)cc23)cc1Cl. The van der Waals surface area contributed by atoms with Crippen molar-refractivity contribution in [3.63, 3.8) is 0 Å². The number of thioether (sulfide) groups is 1. The zero-order valence-electron chi connectivity index (χ0n) is 18.3. The molecular weight excluding hydrogens is 476 g/mol. The monoisotopic (exact) mass is 498 g/mol. The lowest BCUT2D eigenvalue weighted by Crippen LogP contribution is -2.28. The molecule has 4 rings (SSSR count). The lowest BCUT2D eigenvalue weighted by Gasteiger charge is -2.12. The summed E-state index contributed by atoms with van der Waals surface area (Å²) in [5.41, 5.74) is 1.57. The van der Waals surface area contributed by atoms with Gasteiger partial charge in [0.05, 0.1) is 17.1 Å². The third kappa shape index (κ3) is 5.58.